The van der Waals surface area contributed by atoms with Crippen molar-refractivity contribution in [2.24, 2.45) is 0 Å². The van der Waals surface area contributed by atoms with Gasteiger partial charge in [0.2, 0.25) is 5.91 Å². The van der Waals surface area contributed by atoms with Crippen molar-refractivity contribution in [1.82, 2.24) is 14.9 Å². The first-order valence-electron chi connectivity index (χ1n) is 9.08. The van der Waals surface area contributed by atoms with Gasteiger partial charge in [-0.3, -0.25) is 4.79 Å². The second kappa shape index (κ2) is 7.94. The van der Waals surface area contributed by atoms with E-state index >= 15 is 0 Å². The van der Waals surface area contributed by atoms with Crippen molar-refractivity contribution in [3.63, 3.8) is 0 Å². The predicted octanol–water partition coefficient (Wildman–Crippen LogP) is 4.99. The van der Waals surface area contributed by atoms with Crippen LogP contribution in [0.25, 0.3) is 20.7 Å². The molecule has 0 spiro atoms. The maximum atomic E-state index is 13.2. The molecule has 140 valence electrons. The number of hydrogen-bond acceptors (Lipinski definition) is 5. The zero-order chi connectivity index (χ0) is 18.8. The average molecular weight is 402 g/mol. The number of rotatable bonds is 4. The highest BCUT2D eigenvalue weighted by molar-refractivity contribution is 8.00. The zero-order valence-corrected chi connectivity index (χ0v) is 16.7. The smallest absolute Gasteiger partial charge is 0.235 e. The number of thioether (sulfide) groups is 1. The number of aromatic nitrogens is 2. The van der Waals surface area contributed by atoms with Crippen LogP contribution in [0.2, 0.25) is 0 Å². The van der Waals surface area contributed by atoms with Gasteiger partial charge in [-0.25, -0.2) is 14.4 Å². The molecule has 0 N–H and O–H groups in total. The van der Waals surface area contributed by atoms with Gasteiger partial charge in [-0.15, -0.1) is 11.3 Å². The fourth-order valence-corrected chi connectivity index (χ4v) is 5.44. The van der Waals surface area contributed by atoms with Crippen LogP contribution in [0.5, 0.6) is 0 Å². The number of benzene rings is 1. The third-order valence-electron chi connectivity index (χ3n) is 4.71. The Balaban J connectivity index is 1.58. The van der Waals surface area contributed by atoms with Crippen molar-refractivity contribution in [3.05, 3.63) is 42.5 Å². The molecular formula is C20H20FN3OS2. The molecule has 0 radical (unpaired) electrons. The molecule has 1 amide bonds. The summed E-state index contributed by atoms with van der Waals surface area (Å²) in [7, 11) is 0. The van der Waals surface area contributed by atoms with Gasteiger partial charge in [0, 0.05) is 18.0 Å². The molecule has 0 unspecified atom stereocenters. The number of thiophene rings is 1. The average Bonchev–Trinajstić information content (AvgIpc) is 3.14. The van der Waals surface area contributed by atoms with E-state index in [1.165, 1.54) is 30.3 Å². The van der Waals surface area contributed by atoms with E-state index < -0.39 is 0 Å². The fraction of sp³-hybridized carbons (Fsp3) is 0.350. The number of carbonyl (C=O) groups excluding carboxylic acids is 1. The summed E-state index contributed by atoms with van der Waals surface area (Å²) < 4.78 is 14.2. The number of halogens is 1. The van der Waals surface area contributed by atoms with Crippen LogP contribution in [0.4, 0.5) is 4.39 Å². The van der Waals surface area contributed by atoms with Crippen LogP contribution in [0.15, 0.2) is 41.7 Å². The Bertz CT molecular complexity index is 952. The van der Waals surface area contributed by atoms with Gasteiger partial charge in [-0.05, 0) is 49.9 Å². The quantitative estimate of drug-likeness (QED) is 0.456. The van der Waals surface area contributed by atoms with Gasteiger partial charge >= 0.3 is 0 Å². The molecule has 0 aliphatic carbocycles. The van der Waals surface area contributed by atoms with Crippen molar-refractivity contribution < 1.29 is 9.18 Å². The Hall–Kier alpha value is -1.99. The van der Waals surface area contributed by atoms with E-state index in [-0.39, 0.29) is 17.0 Å². The molecule has 0 bridgehead atoms. The highest BCUT2D eigenvalue weighted by Gasteiger charge is 2.24. The molecule has 3 heterocycles. The lowest BCUT2D eigenvalue weighted by molar-refractivity contribution is -0.131. The molecule has 1 saturated heterocycles. The van der Waals surface area contributed by atoms with E-state index in [9.17, 15) is 9.18 Å². The van der Waals surface area contributed by atoms with Crippen LogP contribution >= 0.6 is 23.1 Å². The number of amides is 1. The Kier molecular flexibility index (Phi) is 5.41. The van der Waals surface area contributed by atoms with Gasteiger partial charge in [0.05, 0.1) is 15.5 Å². The second-order valence-electron chi connectivity index (χ2n) is 6.66. The van der Waals surface area contributed by atoms with E-state index in [0.29, 0.717) is 0 Å². The molecule has 1 aliphatic rings. The molecule has 1 atom stereocenters. The normalized spacial score (nSPS) is 15.9. The van der Waals surface area contributed by atoms with Crippen LogP contribution in [0.1, 0.15) is 26.2 Å². The first kappa shape index (κ1) is 18.4. The van der Waals surface area contributed by atoms with Crippen molar-refractivity contribution in [3.8, 4) is 10.4 Å². The molecule has 7 heteroatoms. The summed E-state index contributed by atoms with van der Waals surface area (Å²) in [5.74, 6) is -0.0669. The first-order chi connectivity index (χ1) is 13.1. The number of likely N-dealkylation sites (tertiary alicyclic amines) is 1. The highest BCUT2D eigenvalue weighted by atomic mass is 32.2. The fourth-order valence-electron chi connectivity index (χ4n) is 3.26. The summed E-state index contributed by atoms with van der Waals surface area (Å²) in [6.07, 6.45) is 4.93. The van der Waals surface area contributed by atoms with Crippen LogP contribution in [-0.2, 0) is 4.79 Å². The standard InChI is InChI=1S/C20H20FN3OS2/c1-13(20(25)24-9-3-2-4-10-24)26-19-18-16(22-12-23-19)11-17(27-18)14-5-7-15(21)8-6-14/h5-8,11-13H,2-4,9-10H2,1H3/t13-/m1/s1. The van der Waals surface area contributed by atoms with Gasteiger partial charge in [0.15, 0.2) is 0 Å². The van der Waals surface area contributed by atoms with E-state index in [1.54, 1.807) is 29.8 Å². The van der Waals surface area contributed by atoms with Crippen LogP contribution in [0.3, 0.4) is 0 Å². The van der Waals surface area contributed by atoms with Crippen LogP contribution in [0, 0.1) is 5.82 Å². The molecule has 1 aliphatic heterocycles. The molecule has 27 heavy (non-hydrogen) atoms. The Morgan fingerprint density at radius 2 is 1.93 bits per heavy atom. The molecule has 0 saturated carbocycles. The summed E-state index contributed by atoms with van der Waals surface area (Å²) in [5.41, 5.74) is 1.81. The number of hydrogen-bond donors (Lipinski definition) is 0. The maximum absolute atomic E-state index is 13.2. The number of fused-ring (bicyclic) bond motifs is 1. The van der Waals surface area contributed by atoms with Gasteiger partial charge in [0.25, 0.3) is 0 Å². The minimum atomic E-state index is -0.249. The molecule has 1 fully saturated rings. The summed E-state index contributed by atoms with van der Waals surface area (Å²) in [6.45, 7) is 3.66. The number of piperidine rings is 1. The summed E-state index contributed by atoms with van der Waals surface area (Å²) in [4.78, 5) is 24.5. The molecule has 1 aromatic carbocycles. The molecular weight excluding hydrogens is 381 g/mol. The lowest BCUT2D eigenvalue weighted by atomic mass is 10.1. The summed E-state index contributed by atoms with van der Waals surface area (Å²) in [5, 5.41) is 0.647. The van der Waals surface area contributed by atoms with E-state index in [4.69, 9.17) is 0 Å². The largest absolute Gasteiger partial charge is 0.342 e. The minimum absolute atomic E-state index is 0.182. The third kappa shape index (κ3) is 3.99. The third-order valence-corrected chi connectivity index (χ3v) is 7.11. The Morgan fingerprint density at radius 1 is 1.19 bits per heavy atom. The van der Waals surface area contributed by atoms with Crippen LogP contribution < -0.4 is 0 Å². The highest BCUT2D eigenvalue weighted by Crippen LogP contribution is 2.38. The van der Waals surface area contributed by atoms with Gasteiger partial charge in [-0.2, -0.15) is 0 Å². The van der Waals surface area contributed by atoms with Gasteiger partial charge in [0.1, 0.15) is 17.2 Å². The van der Waals surface area contributed by atoms with Crippen molar-refractivity contribution in [2.75, 3.05) is 13.1 Å². The first-order valence-corrected chi connectivity index (χ1v) is 10.8. The molecule has 3 aromatic rings. The summed E-state index contributed by atoms with van der Waals surface area (Å²) in [6, 6.07) is 8.45. The SMILES string of the molecule is C[C@@H](Sc1ncnc2cc(-c3ccc(F)cc3)sc12)C(=O)N1CCCCC1. The van der Waals surface area contributed by atoms with Gasteiger partial charge in [-0.1, -0.05) is 23.9 Å². The Morgan fingerprint density at radius 3 is 2.67 bits per heavy atom. The Labute approximate surface area is 165 Å². The summed E-state index contributed by atoms with van der Waals surface area (Å²) >= 11 is 3.07. The number of carbonyl (C=O) groups is 1. The van der Waals surface area contributed by atoms with Crippen molar-refractivity contribution >= 4 is 39.2 Å². The monoisotopic (exact) mass is 401 g/mol. The lowest BCUT2D eigenvalue weighted by Crippen LogP contribution is -2.40. The topological polar surface area (TPSA) is 46.1 Å². The minimum Gasteiger partial charge on any atom is -0.342 e. The maximum Gasteiger partial charge on any atom is 0.235 e. The molecule has 4 nitrogen and oxygen atoms in total. The van der Waals surface area contributed by atoms with Crippen molar-refractivity contribution in [2.45, 2.75) is 36.5 Å². The van der Waals surface area contributed by atoms with Crippen molar-refractivity contribution in [1.29, 1.82) is 0 Å². The number of nitrogens with zero attached hydrogens (tertiary/aromatic N) is 3. The second-order valence-corrected chi connectivity index (χ2v) is 9.04. The molecule has 2 aromatic heterocycles. The van der Waals surface area contributed by atoms with E-state index in [0.717, 1.165) is 51.6 Å². The van der Waals surface area contributed by atoms with Crippen LogP contribution in [-0.4, -0.2) is 39.1 Å². The predicted molar refractivity (Wildman–Crippen MR) is 109 cm³/mol. The van der Waals surface area contributed by atoms with Gasteiger partial charge < -0.3 is 4.90 Å². The van der Waals surface area contributed by atoms with E-state index in [2.05, 4.69) is 9.97 Å². The zero-order valence-electron chi connectivity index (χ0n) is 15.0. The van der Waals surface area contributed by atoms with E-state index in [1.807, 2.05) is 17.9 Å². The lowest BCUT2D eigenvalue weighted by Gasteiger charge is -2.28. The molecule has 4 rings (SSSR count).